The third-order valence-corrected chi connectivity index (χ3v) is 4.80. The zero-order valence-corrected chi connectivity index (χ0v) is 13.6. The average molecular weight is 361 g/mol. The largest absolute Gasteiger partial charge is 0.354 e. The van der Waals surface area contributed by atoms with Crippen LogP contribution in [-0.2, 0) is 14.8 Å². The lowest BCUT2D eigenvalue weighted by Gasteiger charge is -2.22. The molecule has 0 aromatic heterocycles. The number of sulfonamides is 1. The molecular formula is C13H17BrN2O3S. The molecule has 20 heavy (non-hydrogen) atoms. The molecule has 0 atom stereocenters. The van der Waals surface area contributed by atoms with E-state index in [1.807, 2.05) is 0 Å². The fraction of sp³-hybridized carbons (Fsp3) is 0.462. The molecule has 1 aromatic carbocycles. The maximum atomic E-state index is 11.8. The Morgan fingerprint density at radius 3 is 2.45 bits per heavy atom. The van der Waals surface area contributed by atoms with Crippen molar-refractivity contribution >= 4 is 37.5 Å². The molecule has 0 radical (unpaired) electrons. The number of anilines is 1. The van der Waals surface area contributed by atoms with Crippen LogP contribution < -0.4 is 9.62 Å². The minimum Gasteiger partial charge on any atom is -0.354 e. The van der Waals surface area contributed by atoms with Crippen LogP contribution in [0.3, 0.4) is 0 Å². The molecular weight excluding hydrogens is 344 g/mol. The number of carbonyl (C=O) groups excluding carboxylic acids is 1. The normalized spacial score (nSPS) is 14.9. The summed E-state index contributed by atoms with van der Waals surface area (Å²) in [6.45, 7) is 0.553. The maximum absolute atomic E-state index is 11.8. The molecule has 110 valence electrons. The first-order chi connectivity index (χ1) is 9.38. The second-order valence-electron chi connectivity index (χ2n) is 4.88. The molecule has 7 heteroatoms. The van der Waals surface area contributed by atoms with Crippen LogP contribution in [0, 0.1) is 5.92 Å². The molecule has 2 rings (SSSR count). The van der Waals surface area contributed by atoms with E-state index >= 15 is 0 Å². The lowest BCUT2D eigenvalue weighted by molar-refractivity contribution is -0.122. The summed E-state index contributed by atoms with van der Waals surface area (Å²) in [6, 6.07) is 7.04. The quantitative estimate of drug-likeness (QED) is 0.840. The number of amides is 1. The summed E-state index contributed by atoms with van der Waals surface area (Å²) in [4.78, 5) is 11.5. The van der Waals surface area contributed by atoms with E-state index in [1.165, 1.54) is 4.31 Å². The molecule has 5 nitrogen and oxygen atoms in total. The molecule has 0 heterocycles. The Morgan fingerprint density at radius 2 is 1.95 bits per heavy atom. The molecule has 1 N–H and O–H groups in total. The van der Waals surface area contributed by atoms with Gasteiger partial charge in [0.2, 0.25) is 15.9 Å². The summed E-state index contributed by atoms with van der Waals surface area (Å²) < 4.78 is 25.9. The number of halogens is 1. The van der Waals surface area contributed by atoms with E-state index in [0.29, 0.717) is 12.2 Å². The Balaban J connectivity index is 2.00. The van der Waals surface area contributed by atoms with Gasteiger partial charge in [0.25, 0.3) is 0 Å². The molecule has 0 spiro atoms. The number of nitrogens with one attached hydrogen (secondary N) is 1. The highest BCUT2D eigenvalue weighted by molar-refractivity contribution is 9.10. The molecule has 1 aromatic rings. The summed E-state index contributed by atoms with van der Waals surface area (Å²) in [5, 5.41) is 2.77. The third kappa shape index (κ3) is 4.21. The second kappa shape index (κ2) is 6.13. The molecule has 1 fully saturated rings. The molecule has 0 aliphatic heterocycles. The molecule has 1 amide bonds. The summed E-state index contributed by atoms with van der Waals surface area (Å²) in [5.74, 6) is 0.156. The van der Waals surface area contributed by atoms with Crippen LogP contribution in [0.4, 0.5) is 5.69 Å². The average Bonchev–Trinajstić information content (AvgIpc) is 3.18. The van der Waals surface area contributed by atoms with Gasteiger partial charge < -0.3 is 5.32 Å². The van der Waals surface area contributed by atoms with E-state index < -0.39 is 10.0 Å². The van der Waals surface area contributed by atoms with Crippen molar-refractivity contribution in [3.8, 4) is 0 Å². The standard InChI is InChI=1S/C13H17BrN2O3S/c1-20(18,19)16(12-6-4-11(14)5-7-12)9-8-15-13(17)10-2-3-10/h4-7,10H,2-3,8-9H2,1H3,(H,15,17). The van der Waals surface area contributed by atoms with Crippen LogP contribution in [0.1, 0.15) is 12.8 Å². The molecule has 1 aliphatic rings. The number of hydrogen-bond donors (Lipinski definition) is 1. The highest BCUT2D eigenvalue weighted by atomic mass is 79.9. The van der Waals surface area contributed by atoms with Gasteiger partial charge in [-0.25, -0.2) is 8.42 Å². The predicted octanol–water partition coefficient (Wildman–Crippen LogP) is 1.74. The fourth-order valence-corrected chi connectivity index (χ4v) is 3.06. The van der Waals surface area contributed by atoms with E-state index in [4.69, 9.17) is 0 Å². The smallest absolute Gasteiger partial charge is 0.232 e. The van der Waals surface area contributed by atoms with Crippen LogP contribution in [-0.4, -0.2) is 33.7 Å². The zero-order chi connectivity index (χ0) is 14.8. The molecule has 0 bridgehead atoms. The Bertz CT molecular complexity index is 582. The van der Waals surface area contributed by atoms with Gasteiger partial charge in [0, 0.05) is 16.9 Å². The van der Waals surface area contributed by atoms with Crippen molar-refractivity contribution in [2.45, 2.75) is 12.8 Å². The maximum Gasteiger partial charge on any atom is 0.232 e. The number of hydrogen-bond acceptors (Lipinski definition) is 3. The van der Waals surface area contributed by atoms with Crippen LogP contribution in [0.15, 0.2) is 28.7 Å². The molecule has 0 unspecified atom stereocenters. The van der Waals surface area contributed by atoms with Gasteiger partial charge in [-0.1, -0.05) is 15.9 Å². The third-order valence-electron chi connectivity index (χ3n) is 3.08. The highest BCUT2D eigenvalue weighted by Crippen LogP contribution is 2.28. The van der Waals surface area contributed by atoms with Crippen molar-refractivity contribution in [1.29, 1.82) is 0 Å². The predicted molar refractivity (Wildman–Crippen MR) is 82.1 cm³/mol. The van der Waals surface area contributed by atoms with Crippen LogP contribution >= 0.6 is 15.9 Å². The van der Waals surface area contributed by atoms with Crippen molar-refractivity contribution in [3.63, 3.8) is 0 Å². The zero-order valence-electron chi connectivity index (χ0n) is 11.2. The molecule has 1 saturated carbocycles. The Labute approximate surface area is 127 Å². The van der Waals surface area contributed by atoms with Crippen molar-refractivity contribution in [1.82, 2.24) is 5.32 Å². The van der Waals surface area contributed by atoms with Crippen LogP contribution in [0.2, 0.25) is 0 Å². The topological polar surface area (TPSA) is 66.5 Å². The van der Waals surface area contributed by atoms with Crippen molar-refractivity contribution in [2.24, 2.45) is 5.92 Å². The van der Waals surface area contributed by atoms with E-state index in [9.17, 15) is 13.2 Å². The fourth-order valence-electron chi connectivity index (χ4n) is 1.86. The van der Waals surface area contributed by atoms with Gasteiger partial charge in [-0.3, -0.25) is 9.10 Å². The summed E-state index contributed by atoms with van der Waals surface area (Å²) in [7, 11) is -3.37. The summed E-state index contributed by atoms with van der Waals surface area (Å²) in [6.07, 6.45) is 3.04. The van der Waals surface area contributed by atoms with Gasteiger partial charge in [0.15, 0.2) is 0 Å². The lowest BCUT2D eigenvalue weighted by atomic mass is 10.3. The van der Waals surface area contributed by atoms with E-state index in [2.05, 4.69) is 21.2 Å². The molecule has 1 aliphatic carbocycles. The monoisotopic (exact) mass is 360 g/mol. The van der Waals surface area contributed by atoms with E-state index in [-0.39, 0.29) is 18.4 Å². The summed E-state index contributed by atoms with van der Waals surface area (Å²) >= 11 is 3.31. The number of nitrogens with zero attached hydrogens (tertiary/aromatic N) is 1. The van der Waals surface area contributed by atoms with E-state index in [0.717, 1.165) is 23.6 Å². The van der Waals surface area contributed by atoms with Gasteiger partial charge in [0.1, 0.15) is 0 Å². The highest BCUT2D eigenvalue weighted by Gasteiger charge is 2.29. The minimum atomic E-state index is -3.37. The first-order valence-electron chi connectivity index (χ1n) is 6.39. The SMILES string of the molecule is CS(=O)(=O)N(CCNC(=O)C1CC1)c1ccc(Br)cc1. The van der Waals surface area contributed by atoms with Gasteiger partial charge in [-0.05, 0) is 37.1 Å². The Hall–Kier alpha value is -1.08. The van der Waals surface area contributed by atoms with Gasteiger partial charge in [-0.15, -0.1) is 0 Å². The van der Waals surface area contributed by atoms with Crippen molar-refractivity contribution in [2.75, 3.05) is 23.7 Å². The van der Waals surface area contributed by atoms with Gasteiger partial charge in [0.05, 0.1) is 18.5 Å². The summed E-state index contributed by atoms with van der Waals surface area (Å²) in [5.41, 5.74) is 0.594. The van der Waals surface area contributed by atoms with Crippen LogP contribution in [0.5, 0.6) is 0 Å². The first-order valence-corrected chi connectivity index (χ1v) is 9.03. The number of carbonyl (C=O) groups is 1. The van der Waals surface area contributed by atoms with E-state index in [1.54, 1.807) is 24.3 Å². The number of benzene rings is 1. The molecule has 0 saturated heterocycles. The van der Waals surface area contributed by atoms with Gasteiger partial charge in [-0.2, -0.15) is 0 Å². The Morgan fingerprint density at radius 1 is 1.35 bits per heavy atom. The minimum absolute atomic E-state index is 0.0225. The second-order valence-corrected chi connectivity index (χ2v) is 7.70. The van der Waals surface area contributed by atoms with Crippen LogP contribution in [0.25, 0.3) is 0 Å². The first kappa shape index (κ1) is 15.3. The lowest BCUT2D eigenvalue weighted by Crippen LogP contribution is -2.38. The van der Waals surface area contributed by atoms with Gasteiger partial charge >= 0.3 is 0 Å². The Kier molecular flexibility index (Phi) is 4.70. The van der Waals surface area contributed by atoms with Crippen molar-refractivity contribution in [3.05, 3.63) is 28.7 Å². The number of rotatable bonds is 6. The van der Waals surface area contributed by atoms with Crippen molar-refractivity contribution < 1.29 is 13.2 Å².